The van der Waals surface area contributed by atoms with Gasteiger partial charge in [-0.1, -0.05) is 19.3 Å². The third-order valence-electron chi connectivity index (χ3n) is 3.76. The zero-order chi connectivity index (χ0) is 10.7. The van der Waals surface area contributed by atoms with Gasteiger partial charge in [0.2, 0.25) is 0 Å². The molecule has 1 saturated heterocycles. The molecule has 2 fully saturated rings. The highest BCUT2D eigenvalue weighted by molar-refractivity contribution is 5.72. The average molecular weight is 211 g/mol. The van der Waals surface area contributed by atoms with Crippen molar-refractivity contribution in [3.8, 4) is 0 Å². The lowest BCUT2D eigenvalue weighted by atomic mass is 9.82. The lowest BCUT2D eigenvalue weighted by Gasteiger charge is -2.41. The quantitative estimate of drug-likeness (QED) is 0.677. The molecule has 1 saturated carbocycles. The van der Waals surface area contributed by atoms with Crippen molar-refractivity contribution in [1.82, 2.24) is 10.2 Å². The standard InChI is InChI=1S/C11H21N3O/c12-11(15)14-7-6-13-8-10(14)9-4-2-1-3-5-9/h9-10,13H,1-8H2,(H2,12,15). The van der Waals surface area contributed by atoms with Gasteiger partial charge in [-0.05, 0) is 18.8 Å². The van der Waals surface area contributed by atoms with Crippen LogP contribution < -0.4 is 11.1 Å². The minimum Gasteiger partial charge on any atom is -0.351 e. The first kappa shape index (κ1) is 10.7. The van der Waals surface area contributed by atoms with Crippen molar-refractivity contribution >= 4 is 6.03 Å². The van der Waals surface area contributed by atoms with Crippen LogP contribution in [0, 0.1) is 5.92 Å². The fourth-order valence-electron chi connectivity index (χ4n) is 2.94. The van der Waals surface area contributed by atoms with E-state index in [1.807, 2.05) is 4.90 Å². The van der Waals surface area contributed by atoms with Gasteiger partial charge in [0.15, 0.2) is 0 Å². The first-order valence-corrected chi connectivity index (χ1v) is 6.06. The van der Waals surface area contributed by atoms with Gasteiger partial charge in [0.05, 0.1) is 0 Å². The number of primary amides is 1. The van der Waals surface area contributed by atoms with Crippen LogP contribution in [0.5, 0.6) is 0 Å². The third kappa shape index (κ3) is 2.43. The Morgan fingerprint density at radius 1 is 1.27 bits per heavy atom. The zero-order valence-corrected chi connectivity index (χ0v) is 9.24. The Hall–Kier alpha value is -0.770. The summed E-state index contributed by atoms with van der Waals surface area (Å²) in [4.78, 5) is 13.2. The van der Waals surface area contributed by atoms with Gasteiger partial charge in [0.1, 0.15) is 0 Å². The molecule has 86 valence electrons. The second-order valence-corrected chi connectivity index (χ2v) is 4.70. The van der Waals surface area contributed by atoms with Crippen LogP contribution in [0.1, 0.15) is 32.1 Å². The molecule has 0 aromatic carbocycles. The zero-order valence-electron chi connectivity index (χ0n) is 9.24. The van der Waals surface area contributed by atoms with Gasteiger partial charge >= 0.3 is 6.03 Å². The Labute approximate surface area is 91.2 Å². The Bertz CT molecular complexity index is 226. The number of carbonyl (C=O) groups is 1. The van der Waals surface area contributed by atoms with Crippen molar-refractivity contribution in [2.24, 2.45) is 11.7 Å². The minimum atomic E-state index is -0.243. The van der Waals surface area contributed by atoms with Gasteiger partial charge < -0.3 is 16.0 Å². The maximum Gasteiger partial charge on any atom is 0.315 e. The van der Waals surface area contributed by atoms with Crippen molar-refractivity contribution < 1.29 is 4.79 Å². The largest absolute Gasteiger partial charge is 0.351 e. The molecule has 0 aromatic heterocycles. The van der Waals surface area contributed by atoms with E-state index in [1.54, 1.807) is 0 Å². The fourth-order valence-corrected chi connectivity index (χ4v) is 2.94. The topological polar surface area (TPSA) is 58.4 Å². The van der Waals surface area contributed by atoms with Crippen LogP contribution in [0.4, 0.5) is 4.79 Å². The molecular weight excluding hydrogens is 190 g/mol. The smallest absolute Gasteiger partial charge is 0.315 e. The maximum absolute atomic E-state index is 11.3. The van der Waals surface area contributed by atoms with Crippen molar-refractivity contribution in [3.63, 3.8) is 0 Å². The Morgan fingerprint density at radius 2 is 2.00 bits per heavy atom. The van der Waals surface area contributed by atoms with Gasteiger partial charge in [-0.15, -0.1) is 0 Å². The van der Waals surface area contributed by atoms with Crippen LogP contribution in [0.2, 0.25) is 0 Å². The number of piperazine rings is 1. The molecular formula is C11H21N3O. The number of nitrogens with zero attached hydrogens (tertiary/aromatic N) is 1. The van der Waals surface area contributed by atoms with Crippen LogP contribution in [0.15, 0.2) is 0 Å². The van der Waals surface area contributed by atoms with E-state index in [1.165, 1.54) is 32.1 Å². The molecule has 1 unspecified atom stereocenters. The second-order valence-electron chi connectivity index (χ2n) is 4.70. The fraction of sp³-hybridized carbons (Fsp3) is 0.909. The van der Waals surface area contributed by atoms with Crippen molar-refractivity contribution in [1.29, 1.82) is 0 Å². The highest BCUT2D eigenvalue weighted by Crippen LogP contribution is 2.29. The van der Waals surface area contributed by atoms with Crippen molar-refractivity contribution in [2.75, 3.05) is 19.6 Å². The average Bonchev–Trinajstić information content (AvgIpc) is 2.30. The summed E-state index contributed by atoms with van der Waals surface area (Å²) in [5, 5.41) is 3.37. The predicted molar refractivity (Wildman–Crippen MR) is 59.5 cm³/mol. The molecule has 4 nitrogen and oxygen atoms in total. The van der Waals surface area contributed by atoms with Crippen LogP contribution in [0.3, 0.4) is 0 Å². The van der Waals surface area contributed by atoms with E-state index in [-0.39, 0.29) is 6.03 Å². The van der Waals surface area contributed by atoms with E-state index in [0.717, 1.165) is 19.6 Å². The Kier molecular flexibility index (Phi) is 3.46. The Morgan fingerprint density at radius 3 is 2.67 bits per heavy atom. The van der Waals surface area contributed by atoms with E-state index >= 15 is 0 Å². The van der Waals surface area contributed by atoms with Crippen molar-refractivity contribution in [2.45, 2.75) is 38.1 Å². The number of nitrogens with two attached hydrogens (primary N) is 1. The molecule has 2 rings (SSSR count). The number of nitrogens with one attached hydrogen (secondary N) is 1. The molecule has 1 aliphatic carbocycles. The summed E-state index contributed by atoms with van der Waals surface area (Å²) < 4.78 is 0. The van der Waals surface area contributed by atoms with Crippen LogP contribution in [-0.2, 0) is 0 Å². The first-order valence-electron chi connectivity index (χ1n) is 6.06. The highest BCUT2D eigenvalue weighted by Gasteiger charge is 2.32. The Balaban J connectivity index is 1.99. The lowest BCUT2D eigenvalue weighted by molar-refractivity contribution is 0.116. The summed E-state index contributed by atoms with van der Waals surface area (Å²) in [6.07, 6.45) is 6.50. The summed E-state index contributed by atoms with van der Waals surface area (Å²) in [6.45, 7) is 2.58. The minimum absolute atomic E-state index is 0.243. The molecule has 0 radical (unpaired) electrons. The summed E-state index contributed by atoms with van der Waals surface area (Å²) in [5.41, 5.74) is 5.42. The molecule has 0 spiro atoms. The summed E-state index contributed by atoms with van der Waals surface area (Å²) >= 11 is 0. The number of carbonyl (C=O) groups excluding carboxylic acids is 1. The van der Waals surface area contributed by atoms with Gasteiger partial charge in [0, 0.05) is 25.7 Å². The molecule has 2 aliphatic rings. The monoisotopic (exact) mass is 211 g/mol. The highest BCUT2D eigenvalue weighted by atomic mass is 16.2. The number of rotatable bonds is 1. The number of amides is 2. The molecule has 0 bridgehead atoms. The maximum atomic E-state index is 11.3. The number of hydrogen-bond donors (Lipinski definition) is 2. The van der Waals surface area contributed by atoms with E-state index in [4.69, 9.17) is 5.73 Å². The van der Waals surface area contributed by atoms with E-state index in [2.05, 4.69) is 5.32 Å². The summed E-state index contributed by atoms with van der Waals surface area (Å²) in [6, 6.07) is 0.101. The SMILES string of the molecule is NC(=O)N1CCNCC1C1CCCCC1. The van der Waals surface area contributed by atoms with Crippen LogP contribution in [-0.4, -0.2) is 36.6 Å². The molecule has 15 heavy (non-hydrogen) atoms. The number of urea groups is 1. The molecule has 3 N–H and O–H groups in total. The lowest BCUT2D eigenvalue weighted by Crippen LogP contribution is -2.58. The van der Waals surface area contributed by atoms with Gasteiger partial charge in [-0.2, -0.15) is 0 Å². The summed E-state index contributed by atoms with van der Waals surface area (Å²) in [5.74, 6) is 0.666. The van der Waals surface area contributed by atoms with Crippen LogP contribution in [0.25, 0.3) is 0 Å². The molecule has 2 amide bonds. The van der Waals surface area contributed by atoms with Gasteiger partial charge in [-0.3, -0.25) is 0 Å². The van der Waals surface area contributed by atoms with Crippen molar-refractivity contribution in [3.05, 3.63) is 0 Å². The number of hydrogen-bond acceptors (Lipinski definition) is 2. The molecule has 1 heterocycles. The third-order valence-corrected chi connectivity index (χ3v) is 3.76. The van der Waals surface area contributed by atoms with E-state index in [0.29, 0.717) is 12.0 Å². The van der Waals surface area contributed by atoms with E-state index < -0.39 is 0 Å². The first-order chi connectivity index (χ1) is 7.29. The van der Waals surface area contributed by atoms with Gasteiger partial charge in [-0.25, -0.2) is 4.79 Å². The predicted octanol–water partition coefficient (Wildman–Crippen LogP) is 0.919. The molecule has 1 atom stereocenters. The molecule has 0 aromatic rings. The van der Waals surface area contributed by atoms with Gasteiger partial charge in [0.25, 0.3) is 0 Å². The van der Waals surface area contributed by atoms with Crippen LogP contribution >= 0.6 is 0 Å². The summed E-state index contributed by atoms with van der Waals surface area (Å²) in [7, 11) is 0. The normalized spacial score (nSPS) is 29.1. The molecule has 4 heteroatoms. The van der Waals surface area contributed by atoms with E-state index in [9.17, 15) is 4.79 Å². The second kappa shape index (κ2) is 4.84. The molecule has 1 aliphatic heterocycles.